The van der Waals surface area contributed by atoms with Crippen molar-refractivity contribution in [3.8, 4) is 0 Å². The maximum atomic E-state index is 12.0. The number of aromatic nitrogens is 2. The molecule has 0 bridgehead atoms. The molecule has 0 saturated carbocycles. The Morgan fingerprint density at radius 2 is 2.18 bits per heavy atom. The number of imidazole rings is 1. The van der Waals surface area contributed by atoms with Crippen LogP contribution in [0.1, 0.15) is 16.3 Å². The second-order valence-electron chi connectivity index (χ2n) is 4.99. The highest BCUT2D eigenvalue weighted by Gasteiger charge is 2.09. The van der Waals surface area contributed by atoms with Gasteiger partial charge in [-0.2, -0.15) is 5.10 Å². The first kappa shape index (κ1) is 14.5. The van der Waals surface area contributed by atoms with Gasteiger partial charge in [-0.1, -0.05) is 12.1 Å². The maximum absolute atomic E-state index is 12.0. The molecule has 2 heterocycles. The van der Waals surface area contributed by atoms with Crippen molar-refractivity contribution in [2.24, 2.45) is 5.10 Å². The average molecular weight is 312 g/mol. The molecule has 1 N–H and O–H groups in total. The fraction of sp³-hybridized carbons (Fsp3) is 0.188. The van der Waals surface area contributed by atoms with Crippen LogP contribution in [0.15, 0.2) is 40.8 Å². The number of fused-ring (bicyclic) bond motifs is 1. The van der Waals surface area contributed by atoms with Crippen LogP contribution in [-0.2, 0) is 11.3 Å². The first-order valence-corrected chi connectivity index (χ1v) is 7.81. The summed E-state index contributed by atoms with van der Waals surface area (Å²) in [7, 11) is 0. The number of rotatable bonds is 4. The van der Waals surface area contributed by atoms with E-state index in [1.165, 1.54) is 0 Å². The minimum absolute atomic E-state index is 0.170. The molecule has 0 unspecified atom stereocenters. The summed E-state index contributed by atoms with van der Waals surface area (Å²) < 4.78 is 1.89. The number of carbonyl (C=O) groups is 1. The molecule has 1 amide bonds. The Morgan fingerprint density at radius 1 is 1.36 bits per heavy atom. The van der Waals surface area contributed by atoms with E-state index in [2.05, 4.69) is 15.5 Å². The second kappa shape index (κ2) is 6.11. The minimum atomic E-state index is -0.170. The van der Waals surface area contributed by atoms with Gasteiger partial charge in [0.2, 0.25) is 0 Å². The number of para-hydroxylation sites is 2. The van der Waals surface area contributed by atoms with Crippen molar-refractivity contribution in [2.45, 2.75) is 20.4 Å². The first-order valence-electron chi connectivity index (χ1n) is 6.93. The molecule has 3 rings (SSSR count). The topological polar surface area (TPSA) is 59.3 Å². The van der Waals surface area contributed by atoms with Crippen LogP contribution in [0.4, 0.5) is 0 Å². The van der Waals surface area contributed by atoms with E-state index in [9.17, 15) is 4.79 Å². The molecule has 0 spiro atoms. The Hall–Kier alpha value is -2.47. The van der Waals surface area contributed by atoms with E-state index < -0.39 is 0 Å². The molecule has 1 aromatic carbocycles. The van der Waals surface area contributed by atoms with E-state index in [1.54, 1.807) is 17.6 Å². The van der Waals surface area contributed by atoms with Crippen LogP contribution < -0.4 is 5.43 Å². The minimum Gasteiger partial charge on any atom is -0.319 e. The van der Waals surface area contributed by atoms with Crippen molar-refractivity contribution in [3.05, 3.63) is 52.0 Å². The van der Waals surface area contributed by atoms with Gasteiger partial charge in [-0.3, -0.25) is 4.79 Å². The summed E-state index contributed by atoms with van der Waals surface area (Å²) in [6.45, 7) is 4.11. The van der Waals surface area contributed by atoms with E-state index in [-0.39, 0.29) is 12.5 Å². The molecule has 0 fully saturated rings. The number of benzene rings is 1. The summed E-state index contributed by atoms with van der Waals surface area (Å²) in [6.07, 6.45) is 1.68. The van der Waals surface area contributed by atoms with Crippen LogP contribution in [0.25, 0.3) is 11.0 Å². The summed E-state index contributed by atoms with van der Waals surface area (Å²) in [5.74, 6) is 0.645. The van der Waals surface area contributed by atoms with Gasteiger partial charge < -0.3 is 4.57 Å². The number of amides is 1. The molecule has 112 valence electrons. The third-order valence-electron chi connectivity index (χ3n) is 3.42. The van der Waals surface area contributed by atoms with Crippen molar-refractivity contribution in [3.63, 3.8) is 0 Å². The number of hydrogen-bond acceptors (Lipinski definition) is 4. The van der Waals surface area contributed by atoms with E-state index in [4.69, 9.17) is 0 Å². The molecule has 2 aromatic heterocycles. The normalized spacial score (nSPS) is 11.4. The highest BCUT2D eigenvalue weighted by Crippen LogP contribution is 2.15. The summed E-state index contributed by atoms with van der Waals surface area (Å²) in [5, 5.41) is 6.02. The number of nitrogens with zero attached hydrogens (tertiary/aromatic N) is 3. The SMILES string of the molecule is Cc1ccsc1/C=N/NC(=O)Cn1c(C)nc2ccccc21. The molecule has 0 aliphatic heterocycles. The van der Waals surface area contributed by atoms with Gasteiger partial charge in [-0.15, -0.1) is 11.3 Å². The van der Waals surface area contributed by atoms with E-state index in [1.807, 2.05) is 54.1 Å². The first-order chi connectivity index (χ1) is 10.6. The predicted molar refractivity (Wildman–Crippen MR) is 89.3 cm³/mol. The van der Waals surface area contributed by atoms with Crippen LogP contribution in [0.2, 0.25) is 0 Å². The summed E-state index contributed by atoms with van der Waals surface area (Å²) in [5.41, 5.74) is 5.57. The summed E-state index contributed by atoms with van der Waals surface area (Å²) in [6, 6.07) is 9.80. The second-order valence-corrected chi connectivity index (χ2v) is 5.94. The summed E-state index contributed by atoms with van der Waals surface area (Å²) >= 11 is 1.60. The molecular weight excluding hydrogens is 296 g/mol. The smallest absolute Gasteiger partial charge is 0.260 e. The molecule has 5 nitrogen and oxygen atoms in total. The highest BCUT2D eigenvalue weighted by atomic mass is 32.1. The van der Waals surface area contributed by atoms with Crippen LogP contribution in [0.5, 0.6) is 0 Å². The Labute approximate surface area is 132 Å². The maximum Gasteiger partial charge on any atom is 0.260 e. The lowest BCUT2D eigenvalue weighted by Gasteiger charge is -2.05. The quantitative estimate of drug-likeness (QED) is 0.595. The molecule has 0 radical (unpaired) electrons. The van der Waals surface area contributed by atoms with E-state index >= 15 is 0 Å². The van der Waals surface area contributed by atoms with Crippen molar-refractivity contribution in [1.29, 1.82) is 0 Å². The van der Waals surface area contributed by atoms with E-state index in [0.717, 1.165) is 27.3 Å². The van der Waals surface area contributed by atoms with Crippen molar-refractivity contribution in [2.75, 3.05) is 0 Å². The molecule has 0 saturated heterocycles. The van der Waals surface area contributed by atoms with Gasteiger partial charge in [0.25, 0.3) is 5.91 Å². The Morgan fingerprint density at radius 3 is 2.95 bits per heavy atom. The van der Waals surface area contributed by atoms with Crippen LogP contribution in [0.3, 0.4) is 0 Å². The Kier molecular flexibility index (Phi) is 4.02. The van der Waals surface area contributed by atoms with Gasteiger partial charge in [-0.25, -0.2) is 10.4 Å². The largest absolute Gasteiger partial charge is 0.319 e. The monoisotopic (exact) mass is 312 g/mol. The van der Waals surface area contributed by atoms with Gasteiger partial charge in [0, 0.05) is 4.88 Å². The zero-order valence-corrected chi connectivity index (χ0v) is 13.2. The lowest BCUT2D eigenvalue weighted by molar-refractivity contribution is -0.121. The Balaban J connectivity index is 1.70. The van der Waals surface area contributed by atoms with Crippen LogP contribution >= 0.6 is 11.3 Å². The van der Waals surface area contributed by atoms with Gasteiger partial charge in [0.15, 0.2) is 0 Å². The zero-order chi connectivity index (χ0) is 15.5. The van der Waals surface area contributed by atoms with E-state index in [0.29, 0.717) is 0 Å². The molecule has 22 heavy (non-hydrogen) atoms. The number of hydrazone groups is 1. The number of thiophene rings is 1. The molecule has 0 aliphatic carbocycles. The van der Waals surface area contributed by atoms with Gasteiger partial charge >= 0.3 is 0 Å². The van der Waals surface area contributed by atoms with Crippen molar-refractivity contribution in [1.82, 2.24) is 15.0 Å². The molecule has 0 atom stereocenters. The highest BCUT2D eigenvalue weighted by molar-refractivity contribution is 7.11. The third-order valence-corrected chi connectivity index (χ3v) is 4.37. The average Bonchev–Trinajstić information content (AvgIpc) is 3.04. The third kappa shape index (κ3) is 2.92. The summed E-state index contributed by atoms with van der Waals surface area (Å²) in [4.78, 5) is 17.5. The lowest BCUT2D eigenvalue weighted by atomic mass is 10.3. The standard InChI is InChI=1S/C16H16N4OS/c1-11-7-8-22-15(11)9-17-19-16(21)10-20-12(2)18-13-5-3-4-6-14(13)20/h3-9H,10H2,1-2H3,(H,19,21)/b17-9+. The number of nitrogens with one attached hydrogen (secondary N) is 1. The van der Waals surface area contributed by atoms with Gasteiger partial charge in [0.05, 0.1) is 17.2 Å². The van der Waals surface area contributed by atoms with Crippen molar-refractivity contribution < 1.29 is 4.79 Å². The molecule has 3 aromatic rings. The Bertz CT molecular complexity index is 847. The predicted octanol–water partition coefficient (Wildman–Crippen LogP) is 2.86. The number of aryl methyl sites for hydroxylation is 2. The molecule has 0 aliphatic rings. The fourth-order valence-electron chi connectivity index (χ4n) is 2.25. The van der Waals surface area contributed by atoms with Crippen molar-refractivity contribution >= 4 is 34.5 Å². The van der Waals surface area contributed by atoms with Gasteiger partial charge in [-0.05, 0) is 43.0 Å². The van der Waals surface area contributed by atoms with Gasteiger partial charge in [0.1, 0.15) is 12.4 Å². The number of carbonyl (C=O) groups excluding carboxylic acids is 1. The number of hydrogen-bond donors (Lipinski definition) is 1. The van der Waals surface area contributed by atoms with Crippen LogP contribution in [0, 0.1) is 13.8 Å². The molecular formula is C16H16N4OS. The fourth-order valence-corrected chi connectivity index (χ4v) is 3.04. The zero-order valence-electron chi connectivity index (χ0n) is 12.4. The van der Waals surface area contributed by atoms with Crippen LogP contribution in [-0.4, -0.2) is 21.7 Å². The molecule has 6 heteroatoms. The lowest BCUT2D eigenvalue weighted by Crippen LogP contribution is -2.23.